The number of imide groups is 1. The van der Waals surface area contributed by atoms with Crippen molar-refractivity contribution in [1.29, 1.82) is 0 Å². The predicted octanol–water partition coefficient (Wildman–Crippen LogP) is 2.47. The van der Waals surface area contributed by atoms with Gasteiger partial charge in [0, 0.05) is 36.7 Å². The second kappa shape index (κ2) is 7.76. The first-order chi connectivity index (χ1) is 13.5. The second-order valence-electron chi connectivity index (χ2n) is 7.42. The molecule has 148 valence electrons. The van der Waals surface area contributed by atoms with Crippen LogP contribution in [0.2, 0.25) is 10.0 Å². The van der Waals surface area contributed by atoms with Crippen molar-refractivity contribution in [3.63, 3.8) is 0 Å². The first kappa shape index (κ1) is 19.3. The summed E-state index contributed by atoms with van der Waals surface area (Å²) in [5.41, 5.74) is 0.898. The third-order valence-electron chi connectivity index (χ3n) is 5.87. The van der Waals surface area contributed by atoms with E-state index in [-0.39, 0.29) is 35.5 Å². The average Bonchev–Trinajstić information content (AvgIpc) is 3.35. The number of amides is 2. The van der Waals surface area contributed by atoms with Gasteiger partial charge in [0.1, 0.15) is 0 Å². The molecule has 2 N–H and O–H groups in total. The van der Waals surface area contributed by atoms with Crippen LogP contribution in [-0.4, -0.2) is 42.8 Å². The summed E-state index contributed by atoms with van der Waals surface area (Å²) in [4.78, 5) is 30.9. The van der Waals surface area contributed by atoms with Gasteiger partial charge in [0.05, 0.1) is 11.8 Å². The van der Waals surface area contributed by atoms with Gasteiger partial charge in [0.25, 0.3) is 0 Å². The molecule has 0 aromatic heterocycles. The summed E-state index contributed by atoms with van der Waals surface area (Å²) in [7, 11) is 1.67. The predicted molar refractivity (Wildman–Crippen MR) is 109 cm³/mol. The summed E-state index contributed by atoms with van der Waals surface area (Å²) < 4.78 is 0. The lowest BCUT2D eigenvalue weighted by Gasteiger charge is -2.18. The molecule has 1 saturated carbocycles. The van der Waals surface area contributed by atoms with Crippen LogP contribution in [-0.2, 0) is 16.1 Å². The van der Waals surface area contributed by atoms with E-state index in [2.05, 4.69) is 27.8 Å². The van der Waals surface area contributed by atoms with Gasteiger partial charge >= 0.3 is 0 Å². The molecule has 6 nitrogen and oxygen atoms in total. The molecule has 2 amide bonds. The van der Waals surface area contributed by atoms with Crippen LogP contribution < -0.4 is 10.6 Å². The molecule has 3 aliphatic rings. The quantitative estimate of drug-likeness (QED) is 0.332. The van der Waals surface area contributed by atoms with Crippen molar-refractivity contribution in [2.45, 2.75) is 13.0 Å². The van der Waals surface area contributed by atoms with E-state index >= 15 is 0 Å². The zero-order valence-corrected chi connectivity index (χ0v) is 17.0. The Labute approximate surface area is 174 Å². The summed E-state index contributed by atoms with van der Waals surface area (Å²) in [6.45, 7) is 1.26. The van der Waals surface area contributed by atoms with Crippen LogP contribution in [0.4, 0.5) is 0 Å². The van der Waals surface area contributed by atoms with E-state index in [4.69, 9.17) is 23.2 Å². The number of allylic oxidation sites excluding steroid dienone is 2. The van der Waals surface area contributed by atoms with Gasteiger partial charge in [-0.05, 0) is 36.0 Å². The molecule has 4 unspecified atom stereocenters. The molecule has 0 radical (unpaired) electrons. The SMILES string of the molecule is CN=C(NCCN1C(=O)C2C3C=CC(C3)C2C1=O)NCc1ccc(Cl)cc1Cl. The number of carbonyl (C=O) groups is 2. The van der Waals surface area contributed by atoms with Crippen LogP contribution in [0, 0.1) is 23.7 Å². The van der Waals surface area contributed by atoms with Crippen molar-refractivity contribution >= 4 is 41.0 Å². The first-order valence-electron chi connectivity index (χ1n) is 9.41. The van der Waals surface area contributed by atoms with E-state index in [1.54, 1.807) is 19.2 Å². The Morgan fingerprint density at radius 3 is 2.43 bits per heavy atom. The lowest BCUT2D eigenvalue weighted by Crippen LogP contribution is -2.43. The maximum absolute atomic E-state index is 12.7. The van der Waals surface area contributed by atoms with E-state index in [1.807, 2.05) is 6.07 Å². The third kappa shape index (κ3) is 3.40. The number of hydrogen-bond donors (Lipinski definition) is 2. The zero-order valence-electron chi connectivity index (χ0n) is 15.5. The van der Waals surface area contributed by atoms with Crippen LogP contribution in [0.5, 0.6) is 0 Å². The van der Waals surface area contributed by atoms with E-state index in [1.165, 1.54) is 4.90 Å². The highest BCUT2D eigenvalue weighted by molar-refractivity contribution is 6.35. The molecule has 1 aliphatic heterocycles. The lowest BCUT2D eigenvalue weighted by atomic mass is 9.85. The van der Waals surface area contributed by atoms with E-state index in [0.29, 0.717) is 35.6 Å². The van der Waals surface area contributed by atoms with Gasteiger partial charge in [-0.15, -0.1) is 0 Å². The normalized spacial score (nSPS) is 28.2. The van der Waals surface area contributed by atoms with Crippen LogP contribution in [0.25, 0.3) is 0 Å². The molecular formula is C20H22Cl2N4O2. The van der Waals surface area contributed by atoms with Crippen molar-refractivity contribution in [2.75, 3.05) is 20.1 Å². The Balaban J connectivity index is 1.28. The number of likely N-dealkylation sites (tertiary alicyclic amines) is 1. The topological polar surface area (TPSA) is 73.8 Å². The number of hydrogen-bond acceptors (Lipinski definition) is 3. The molecule has 1 aromatic carbocycles. The fourth-order valence-electron chi connectivity index (χ4n) is 4.54. The standard InChI is InChI=1S/C20H22Cl2N4O2/c1-23-20(25-10-13-4-5-14(21)9-15(13)22)24-6-7-26-18(27)16-11-2-3-12(8-11)17(16)19(26)28/h2-5,9,11-12,16-17H,6-8,10H2,1H3,(H2,23,24,25). The van der Waals surface area contributed by atoms with Gasteiger partial charge in [-0.3, -0.25) is 19.5 Å². The van der Waals surface area contributed by atoms with Gasteiger partial charge in [0.2, 0.25) is 11.8 Å². The highest BCUT2D eigenvalue weighted by Gasteiger charge is 2.58. The van der Waals surface area contributed by atoms with Gasteiger partial charge in [0.15, 0.2) is 5.96 Å². The Morgan fingerprint density at radius 2 is 1.82 bits per heavy atom. The van der Waals surface area contributed by atoms with Gasteiger partial charge < -0.3 is 10.6 Å². The summed E-state index contributed by atoms with van der Waals surface area (Å²) >= 11 is 12.1. The minimum absolute atomic E-state index is 0.0236. The zero-order chi connectivity index (χ0) is 19.8. The van der Waals surface area contributed by atoms with Crippen molar-refractivity contribution in [3.8, 4) is 0 Å². The fourth-order valence-corrected chi connectivity index (χ4v) is 5.01. The molecule has 2 aliphatic carbocycles. The molecule has 2 fully saturated rings. The molecule has 1 heterocycles. The third-order valence-corrected chi connectivity index (χ3v) is 6.46. The number of fused-ring (bicyclic) bond motifs is 5. The van der Waals surface area contributed by atoms with Crippen molar-refractivity contribution in [1.82, 2.24) is 15.5 Å². The Kier molecular flexibility index (Phi) is 5.34. The Hall–Kier alpha value is -2.05. The molecule has 4 atom stereocenters. The second-order valence-corrected chi connectivity index (χ2v) is 8.26. The summed E-state index contributed by atoms with van der Waals surface area (Å²) in [5.74, 6) is 0.714. The molecule has 28 heavy (non-hydrogen) atoms. The number of guanidine groups is 1. The number of carbonyl (C=O) groups excluding carboxylic acids is 2. The van der Waals surface area contributed by atoms with Crippen LogP contribution >= 0.6 is 23.2 Å². The van der Waals surface area contributed by atoms with E-state index in [9.17, 15) is 9.59 Å². The summed E-state index contributed by atoms with van der Waals surface area (Å²) in [6.07, 6.45) is 5.15. The average molecular weight is 421 g/mol. The summed E-state index contributed by atoms with van der Waals surface area (Å²) in [6, 6.07) is 5.33. The first-order valence-corrected chi connectivity index (χ1v) is 10.2. The molecule has 2 bridgehead atoms. The minimum atomic E-state index is -0.146. The van der Waals surface area contributed by atoms with Gasteiger partial charge in [-0.25, -0.2) is 0 Å². The minimum Gasteiger partial charge on any atom is -0.355 e. The molecule has 1 aromatic rings. The van der Waals surface area contributed by atoms with Crippen LogP contribution in [0.1, 0.15) is 12.0 Å². The molecule has 0 spiro atoms. The number of benzene rings is 1. The van der Waals surface area contributed by atoms with Crippen LogP contribution in [0.15, 0.2) is 35.3 Å². The van der Waals surface area contributed by atoms with Gasteiger partial charge in [-0.2, -0.15) is 0 Å². The number of halogens is 2. The number of nitrogens with one attached hydrogen (secondary N) is 2. The maximum Gasteiger partial charge on any atom is 0.233 e. The Morgan fingerprint density at radius 1 is 1.14 bits per heavy atom. The molecular weight excluding hydrogens is 399 g/mol. The van der Waals surface area contributed by atoms with Crippen molar-refractivity contribution in [3.05, 3.63) is 46.0 Å². The highest BCUT2D eigenvalue weighted by atomic mass is 35.5. The molecule has 1 saturated heterocycles. The van der Waals surface area contributed by atoms with Gasteiger partial charge in [-0.1, -0.05) is 41.4 Å². The molecule has 4 rings (SSSR count). The lowest BCUT2D eigenvalue weighted by molar-refractivity contribution is -0.140. The largest absolute Gasteiger partial charge is 0.355 e. The van der Waals surface area contributed by atoms with E-state index in [0.717, 1.165) is 12.0 Å². The smallest absolute Gasteiger partial charge is 0.233 e. The summed E-state index contributed by atoms with van der Waals surface area (Å²) in [5, 5.41) is 7.49. The maximum atomic E-state index is 12.7. The monoisotopic (exact) mass is 420 g/mol. The van der Waals surface area contributed by atoms with E-state index < -0.39 is 0 Å². The van der Waals surface area contributed by atoms with Crippen LogP contribution in [0.3, 0.4) is 0 Å². The number of aliphatic imine (C=N–C) groups is 1. The Bertz CT molecular complexity index is 840. The number of nitrogens with zero attached hydrogens (tertiary/aromatic N) is 2. The molecule has 8 heteroatoms. The van der Waals surface area contributed by atoms with Crippen molar-refractivity contribution in [2.24, 2.45) is 28.7 Å². The van der Waals surface area contributed by atoms with Crippen molar-refractivity contribution < 1.29 is 9.59 Å². The number of rotatable bonds is 5. The highest BCUT2D eigenvalue weighted by Crippen LogP contribution is 2.52. The fraction of sp³-hybridized carbons (Fsp3) is 0.450.